The zero-order valence-corrected chi connectivity index (χ0v) is 14.2. The molecule has 1 aliphatic heterocycles. The molecule has 0 saturated carbocycles. The van der Waals surface area contributed by atoms with E-state index in [0.29, 0.717) is 25.4 Å². The molecule has 0 aromatic heterocycles. The summed E-state index contributed by atoms with van der Waals surface area (Å²) in [5, 5.41) is 2.89. The van der Waals surface area contributed by atoms with E-state index >= 15 is 0 Å². The zero-order chi connectivity index (χ0) is 15.1. The summed E-state index contributed by atoms with van der Waals surface area (Å²) >= 11 is 0. The summed E-state index contributed by atoms with van der Waals surface area (Å²) in [6, 6.07) is 0.138. The smallest absolute Gasteiger partial charge is 0.225 e. The number of nitrogens with two attached hydrogens (primary N) is 1. The molecule has 1 fully saturated rings. The maximum absolute atomic E-state index is 12.5. The van der Waals surface area contributed by atoms with Crippen molar-refractivity contribution in [1.82, 2.24) is 10.2 Å². The number of carbonyl (C=O) groups is 2. The van der Waals surface area contributed by atoms with Crippen molar-refractivity contribution in [2.24, 2.45) is 17.6 Å². The molecule has 1 rings (SSSR count). The number of nitrogens with zero attached hydrogens (tertiary/aromatic N) is 1. The third-order valence-electron chi connectivity index (χ3n) is 4.21. The van der Waals surface area contributed by atoms with E-state index < -0.39 is 0 Å². The molecule has 0 aromatic rings. The molecule has 2 amide bonds. The van der Waals surface area contributed by atoms with Gasteiger partial charge in [-0.25, -0.2) is 0 Å². The van der Waals surface area contributed by atoms with Crippen LogP contribution in [0.25, 0.3) is 0 Å². The first-order chi connectivity index (χ1) is 9.47. The lowest BCUT2D eigenvalue weighted by atomic mass is 9.93. The van der Waals surface area contributed by atoms with Crippen LogP contribution in [-0.4, -0.2) is 42.4 Å². The Balaban J connectivity index is 0.00000400. The van der Waals surface area contributed by atoms with Crippen molar-refractivity contribution in [3.05, 3.63) is 0 Å². The second-order valence-electron chi connectivity index (χ2n) is 6.06. The normalized spacial score (nSPS) is 19.9. The van der Waals surface area contributed by atoms with Gasteiger partial charge < -0.3 is 16.0 Å². The lowest BCUT2D eigenvalue weighted by Crippen LogP contribution is -2.51. The van der Waals surface area contributed by atoms with Gasteiger partial charge in [-0.3, -0.25) is 9.59 Å². The maximum atomic E-state index is 12.5. The highest BCUT2D eigenvalue weighted by molar-refractivity contribution is 5.85. The van der Waals surface area contributed by atoms with Crippen molar-refractivity contribution >= 4 is 24.2 Å². The number of hydrogen-bond donors (Lipinski definition) is 2. The lowest BCUT2D eigenvalue weighted by Gasteiger charge is -2.38. The predicted octanol–water partition coefficient (Wildman–Crippen LogP) is 1.55. The number of rotatable bonds is 6. The van der Waals surface area contributed by atoms with Gasteiger partial charge in [0.1, 0.15) is 0 Å². The van der Waals surface area contributed by atoms with Crippen LogP contribution in [0.3, 0.4) is 0 Å². The van der Waals surface area contributed by atoms with Gasteiger partial charge in [0.25, 0.3) is 0 Å². The van der Waals surface area contributed by atoms with Gasteiger partial charge in [-0.1, -0.05) is 20.8 Å². The van der Waals surface area contributed by atoms with E-state index in [-0.39, 0.29) is 36.2 Å². The van der Waals surface area contributed by atoms with Gasteiger partial charge >= 0.3 is 0 Å². The minimum atomic E-state index is -0.0256. The second-order valence-corrected chi connectivity index (χ2v) is 6.06. The predicted molar refractivity (Wildman–Crippen MR) is 87.3 cm³/mol. The zero-order valence-electron chi connectivity index (χ0n) is 13.4. The molecule has 2 unspecified atom stereocenters. The third kappa shape index (κ3) is 6.22. The summed E-state index contributed by atoms with van der Waals surface area (Å²) in [7, 11) is 0. The average molecular weight is 320 g/mol. The summed E-state index contributed by atoms with van der Waals surface area (Å²) in [6.45, 7) is 7.87. The first-order valence-electron chi connectivity index (χ1n) is 7.74. The number of carbonyl (C=O) groups excluding carboxylic acids is 2. The second kappa shape index (κ2) is 10.0. The lowest BCUT2D eigenvalue weighted by molar-refractivity contribution is -0.140. The van der Waals surface area contributed by atoms with E-state index in [2.05, 4.69) is 19.2 Å². The highest BCUT2D eigenvalue weighted by Gasteiger charge is 2.30. The van der Waals surface area contributed by atoms with Crippen LogP contribution in [0.2, 0.25) is 0 Å². The molecule has 0 radical (unpaired) electrons. The Kier molecular flexibility index (Phi) is 9.62. The minimum Gasteiger partial charge on any atom is -0.354 e. The summed E-state index contributed by atoms with van der Waals surface area (Å²) in [6.07, 6.45) is 3.50. The van der Waals surface area contributed by atoms with Crippen LogP contribution in [0, 0.1) is 11.8 Å². The van der Waals surface area contributed by atoms with E-state index in [1.54, 1.807) is 0 Å². The Bertz CT molecular complexity index is 337. The SMILES string of the molecule is CC(C)C(C)C(=O)N1CCCCC1CNC(=O)CCN.Cl. The van der Waals surface area contributed by atoms with E-state index in [4.69, 9.17) is 5.73 Å². The number of nitrogens with one attached hydrogen (secondary N) is 1. The van der Waals surface area contributed by atoms with Crippen molar-refractivity contribution in [2.75, 3.05) is 19.6 Å². The van der Waals surface area contributed by atoms with Crippen LogP contribution < -0.4 is 11.1 Å². The van der Waals surface area contributed by atoms with Crippen LogP contribution in [0.4, 0.5) is 0 Å². The maximum Gasteiger partial charge on any atom is 0.225 e. The van der Waals surface area contributed by atoms with Crippen molar-refractivity contribution in [3.8, 4) is 0 Å². The van der Waals surface area contributed by atoms with Gasteiger partial charge in [0.2, 0.25) is 11.8 Å². The van der Waals surface area contributed by atoms with Crippen molar-refractivity contribution in [2.45, 2.75) is 52.5 Å². The van der Waals surface area contributed by atoms with Crippen molar-refractivity contribution < 1.29 is 9.59 Å². The Morgan fingerprint density at radius 2 is 1.95 bits per heavy atom. The van der Waals surface area contributed by atoms with Crippen molar-refractivity contribution in [3.63, 3.8) is 0 Å². The molecule has 5 nitrogen and oxygen atoms in total. The quantitative estimate of drug-likeness (QED) is 0.780. The summed E-state index contributed by atoms with van der Waals surface area (Å²) in [4.78, 5) is 26.0. The molecule has 124 valence electrons. The molecule has 2 atom stereocenters. The van der Waals surface area contributed by atoms with Gasteiger partial charge in [0.15, 0.2) is 0 Å². The van der Waals surface area contributed by atoms with E-state index in [0.717, 1.165) is 25.8 Å². The number of likely N-dealkylation sites (tertiary alicyclic amines) is 1. The van der Waals surface area contributed by atoms with Crippen LogP contribution in [0.5, 0.6) is 0 Å². The molecule has 3 N–H and O–H groups in total. The fourth-order valence-corrected chi connectivity index (χ4v) is 2.50. The Hall–Kier alpha value is -0.810. The molecule has 0 aromatic carbocycles. The largest absolute Gasteiger partial charge is 0.354 e. The Labute approximate surface area is 134 Å². The standard InChI is InChI=1S/C15H29N3O2.ClH/c1-11(2)12(3)15(20)18-9-5-4-6-13(18)10-17-14(19)7-8-16;/h11-13H,4-10,16H2,1-3H3,(H,17,19);1H. The molecule has 1 saturated heterocycles. The summed E-state index contributed by atoms with van der Waals surface area (Å²) in [5.74, 6) is 0.576. The highest BCUT2D eigenvalue weighted by Crippen LogP contribution is 2.21. The van der Waals surface area contributed by atoms with Gasteiger partial charge in [-0.15, -0.1) is 12.4 Å². The van der Waals surface area contributed by atoms with Gasteiger partial charge in [0, 0.05) is 38.0 Å². The number of halogens is 1. The first kappa shape index (κ1) is 20.2. The fourth-order valence-electron chi connectivity index (χ4n) is 2.50. The van der Waals surface area contributed by atoms with Crippen molar-refractivity contribution in [1.29, 1.82) is 0 Å². The van der Waals surface area contributed by atoms with Crippen LogP contribution in [0.1, 0.15) is 46.5 Å². The van der Waals surface area contributed by atoms with E-state index in [1.165, 1.54) is 0 Å². The molecular formula is C15H30ClN3O2. The highest BCUT2D eigenvalue weighted by atomic mass is 35.5. The molecule has 0 bridgehead atoms. The Morgan fingerprint density at radius 3 is 2.52 bits per heavy atom. The molecular weight excluding hydrogens is 290 g/mol. The molecule has 0 spiro atoms. The third-order valence-corrected chi connectivity index (χ3v) is 4.21. The molecule has 21 heavy (non-hydrogen) atoms. The first-order valence-corrected chi connectivity index (χ1v) is 7.74. The Morgan fingerprint density at radius 1 is 1.29 bits per heavy atom. The average Bonchev–Trinajstić information content (AvgIpc) is 2.44. The number of hydrogen-bond acceptors (Lipinski definition) is 3. The molecule has 0 aliphatic carbocycles. The van der Waals surface area contributed by atoms with E-state index in [9.17, 15) is 9.59 Å². The topological polar surface area (TPSA) is 75.4 Å². The van der Waals surface area contributed by atoms with Crippen LogP contribution in [0.15, 0.2) is 0 Å². The molecule has 1 heterocycles. The fraction of sp³-hybridized carbons (Fsp3) is 0.867. The monoisotopic (exact) mass is 319 g/mol. The van der Waals surface area contributed by atoms with Gasteiger partial charge in [-0.2, -0.15) is 0 Å². The van der Waals surface area contributed by atoms with E-state index in [1.807, 2.05) is 11.8 Å². The van der Waals surface area contributed by atoms with Gasteiger partial charge in [0.05, 0.1) is 0 Å². The summed E-state index contributed by atoms with van der Waals surface area (Å²) < 4.78 is 0. The molecule has 6 heteroatoms. The summed E-state index contributed by atoms with van der Waals surface area (Å²) in [5.41, 5.74) is 5.36. The minimum absolute atomic E-state index is 0. The molecule has 1 aliphatic rings. The number of amides is 2. The van der Waals surface area contributed by atoms with Crippen LogP contribution in [-0.2, 0) is 9.59 Å². The number of piperidine rings is 1. The van der Waals surface area contributed by atoms with Gasteiger partial charge in [-0.05, 0) is 25.2 Å². The van der Waals surface area contributed by atoms with Crippen LogP contribution >= 0.6 is 12.4 Å².